The van der Waals surface area contributed by atoms with E-state index in [9.17, 15) is 14.4 Å². The highest BCUT2D eigenvalue weighted by Gasteiger charge is 2.30. The lowest BCUT2D eigenvalue weighted by Gasteiger charge is -2.20. The zero-order valence-electron chi connectivity index (χ0n) is 24.0. The smallest absolute Gasteiger partial charge is 0.338 e. The molecular formula is C34H31N3O5S. The summed E-state index contributed by atoms with van der Waals surface area (Å²) in [6.45, 7) is 2.62. The molecule has 0 spiro atoms. The van der Waals surface area contributed by atoms with Gasteiger partial charge in [-0.1, -0.05) is 36.4 Å². The highest BCUT2D eigenvalue weighted by molar-refractivity contribution is 7.13. The van der Waals surface area contributed by atoms with Gasteiger partial charge in [-0.25, -0.2) is 9.78 Å². The summed E-state index contributed by atoms with van der Waals surface area (Å²) in [5.74, 6) is 0.232. The molecule has 0 bridgehead atoms. The Kier molecular flexibility index (Phi) is 8.07. The average Bonchev–Trinajstić information content (AvgIpc) is 3.62. The van der Waals surface area contributed by atoms with Crippen LogP contribution in [-0.2, 0) is 22.6 Å². The van der Waals surface area contributed by atoms with Crippen molar-refractivity contribution in [2.45, 2.75) is 32.8 Å². The second-order valence-electron chi connectivity index (χ2n) is 10.7. The fourth-order valence-electron chi connectivity index (χ4n) is 5.23. The van der Waals surface area contributed by atoms with E-state index >= 15 is 0 Å². The first-order chi connectivity index (χ1) is 20.9. The summed E-state index contributed by atoms with van der Waals surface area (Å²) < 4.78 is 12.6. The molecule has 0 atom stereocenters. The Balaban J connectivity index is 1.31. The van der Waals surface area contributed by atoms with Crippen molar-refractivity contribution in [3.05, 3.63) is 112 Å². The summed E-state index contributed by atoms with van der Waals surface area (Å²) in [4.78, 5) is 46.8. The molecule has 1 aliphatic rings. The minimum Gasteiger partial charge on any atom is -0.497 e. The summed E-state index contributed by atoms with van der Waals surface area (Å²) in [6, 6.07) is 21.4. The third kappa shape index (κ3) is 6.08. The molecule has 0 N–H and O–H groups in total. The van der Waals surface area contributed by atoms with E-state index < -0.39 is 5.97 Å². The molecule has 2 aromatic heterocycles. The molecule has 5 aromatic rings. The molecule has 8 nitrogen and oxygen atoms in total. The maximum absolute atomic E-state index is 14.0. The third-order valence-electron chi connectivity index (χ3n) is 7.72. The molecule has 218 valence electrons. The van der Waals surface area contributed by atoms with Crippen molar-refractivity contribution >= 4 is 45.2 Å². The molecule has 0 aliphatic heterocycles. The number of methoxy groups -OCH3 is 1. The van der Waals surface area contributed by atoms with E-state index in [1.54, 1.807) is 53.1 Å². The summed E-state index contributed by atoms with van der Waals surface area (Å²) in [5.41, 5.74) is 3.56. The normalized spacial score (nSPS) is 12.7. The third-order valence-corrected chi connectivity index (χ3v) is 8.51. The van der Waals surface area contributed by atoms with Crippen LogP contribution in [0.15, 0.2) is 84.4 Å². The number of carbonyl (C=O) groups excluding carboxylic acids is 3. The Hall–Kier alpha value is -4.76. The van der Waals surface area contributed by atoms with Crippen LogP contribution in [0.25, 0.3) is 10.9 Å². The van der Waals surface area contributed by atoms with Gasteiger partial charge in [-0.2, -0.15) is 0 Å². The number of esters is 1. The number of rotatable bonds is 10. The summed E-state index contributed by atoms with van der Waals surface area (Å²) in [6.07, 6.45) is 4.03. The standard InChI is InChI=1S/C34H31N3O5S/c1-22-28(19-31(38)36(20-23-11-12-23)34-35-15-16-43-34)29-18-27(41-2)13-14-30(29)37(22)32(39)25-9-6-10-26(17-25)33(40)42-21-24-7-4-3-5-8-24/h3-10,13-18,23H,11-12,19-21H2,1-2H3. The molecule has 0 saturated heterocycles. The Morgan fingerprint density at radius 1 is 1.00 bits per heavy atom. The van der Waals surface area contributed by atoms with Gasteiger partial charge in [0.05, 0.1) is 24.6 Å². The molecule has 1 fully saturated rings. The SMILES string of the molecule is COc1ccc2c(c1)c(CC(=O)N(CC1CC1)c1nccs1)c(C)n2C(=O)c1cccc(C(=O)OCc2ccccc2)c1. The van der Waals surface area contributed by atoms with Crippen LogP contribution in [-0.4, -0.2) is 41.0 Å². The van der Waals surface area contributed by atoms with Gasteiger partial charge in [0.25, 0.3) is 5.91 Å². The Bertz CT molecular complexity index is 1790. The van der Waals surface area contributed by atoms with E-state index in [2.05, 4.69) is 4.98 Å². The summed E-state index contributed by atoms with van der Waals surface area (Å²) >= 11 is 1.44. The van der Waals surface area contributed by atoms with Crippen LogP contribution in [0.2, 0.25) is 0 Å². The molecular weight excluding hydrogens is 562 g/mol. The number of fused-ring (bicyclic) bond motifs is 1. The Morgan fingerprint density at radius 3 is 2.51 bits per heavy atom. The van der Waals surface area contributed by atoms with Crippen LogP contribution < -0.4 is 9.64 Å². The fraction of sp³-hybridized carbons (Fsp3) is 0.235. The van der Waals surface area contributed by atoms with Gasteiger partial charge >= 0.3 is 5.97 Å². The van der Waals surface area contributed by atoms with Gasteiger partial charge in [-0.3, -0.25) is 19.1 Å². The maximum Gasteiger partial charge on any atom is 0.338 e. The second-order valence-corrected chi connectivity index (χ2v) is 11.5. The Labute approximate surface area is 253 Å². The molecule has 1 saturated carbocycles. The molecule has 0 unspecified atom stereocenters. The quantitative estimate of drug-likeness (QED) is 0.173. The monoisotopic (exact) mass is 593 g/mol. The van der Waals surface area contributed by atoms with Gasteiger partial charge in [0.1, 0.15) is 12.4 Å². The van der Waals surface area contributed by atoms with E-state index in [0.717, 1.165) is 29.4 Å². The predicted molar refractivity (Wildman–Crippen MR) is 166 cm³/mol. The predicted octanol–water partition coefficient (Wildman–Crippen LogP) is 6.45. The molecule has 9 heteroatoms. The summed E-state index contributed by atoms with van der Waals surface area (Å²) in [5, 5.41) is 3.32. The fourth-order valence-corrected chi connectivity index (χ4v) is 5.90. The summed E-state index contributed by atoms with van der Waals surface area (Å²) in [7, 11) is 1.59. The van der Waals surface area contributed by atoms with Gasteiger partial charge < -0.3 is 9.47 Å². The van der Waals surface area contributed by atoms with Crippen molar-refractivity contribution in [3.8, 4) is 5.75 Å². The number of carbonyl (C=O) groups is 3. The van der Waals surface area contributed by atoms with E-state index in [-0.39, 0.29) is 30.4 Å². The molecule has 6 rings (SSSR count). The number of amides is 1. The molecule has 1 amide bonds. The maximum atomic E-state index is 14.0. The highest BCUT2D eigenvalue weighted by Crippen LogP contribution is 2.34. The van der Waals surface area contributed by atoms with Gasteiger partial charge in [0, 0.05) is 34.8 Å². The van der Waals surface area contributed by atoms with Crippen LogP contribution >= 0.6 is 11.3 Å². The van der Waals surface area contributed by atoms with Crippen LogP contribution in [0.3, 0.4) is 0 Å². The van der Waals surface area contributed by atoms with Crippen molar-refractivity contribution in [3.63, 3.8) is 0 Å². The molecule has 1 aliphatic carbocycles. The number of anilines is 1. The van der Waals surface area contributed by atoms with E-state index in [0.29, 0.717) is 40.1 Å². The number of hydrogen-bond donors (Lipinski definition) is 0. The largest absolute Gasteiger partial charge is 0.497 e. The Morgan fingerprint density at radius 2 is 1.79 bits per heavy atom. The number of ether oxygens (including phenoxy) is 2. The topological polar surface area (TPSA) is 90.7 Å². The van der Waals surface area contributed by atoms with E-state index in [1.807, 2.05) is 54.8 Å². The van der Waals surface area contributed by atoms with Crippen molar-refractivity contribution in [2.24, 2.45) is 5.92 Å². The molecule has 43 heavy (non-hydrogen) atoms. The van der Waals surface area contributed by atoms with Crippen molar-refractivity contribution < 1.29 is 23.9 Å². The van der Waals surface area contributed by atoms with Crippen LogP contribution in [0.4, 0.5) is 5.13 Å². The molecule has 0 radical (unpaired) electrons. The van der Waals surface area contributed by atoms with Crippen molar-refractivity contribution in [2.75, 3.05) is 18.6 Å². The highest BCUT2D eigenvalue weighted by atomic mass is 32.1. The van der Waals surface area contributed by atoms with Gasteiger partial charge in [0.15, 0.2) is 5.13 Å². The van der Waals surface area contributed by atoms with Crippen LogP contribution in [0.1, 0.15) is 50.4 Å². The van der Waals surface area contributed by atoms with Crippen LogP contribution in [0.5, 0.6) is 5.75 Å². The molecule has 3 aromatic carbocycles. The lowest BCUT2D eigenvalue weighted by Crippen LogP contribution is -2.34. The zero-order chi connectivity index (χ0) is 29.9. The first kappa shape index (κ1) is 28.4. The van der Waals surface area contributed by atoms with E-state index in [1.165, 1.54) is 11.3 Å². The van der Waals surface area contributed by atoms with Gasteiger partial charge in [-0.05, 0) is 73.2 Å². The number of aromatic nitrogens is 2. The first-order valence-electron chi connectivity index (χ1n) is 14.2. The lowest BCUT2D eigenvalue weighted by molar-refractivity contribution is -0.118. The van der Waals surface area contributed by atoms with Gasteiger partial charge in [0.2, 0.25) is 5.91 Å². The average molecular weight is 594 g/mol. The number of benzene rings is 3. The lowest BCUT2D eigenvalue weighted by atomic mass is 10.1. The molecule has 2 heterocycles. The number of thiazole rings is 1. The zero-order valence-corrected chi connectivity index (χ0v) is 24.8. The second kappa shape index (κ2) is 12.2. The van der Waals surface area contributed by atoms with Crippen molar-refractivity contribution in [1.29, 1.82) is 0 Å². The minimum absolute atomic E-state index is 0.0672. The van der Waals surface area contributed by atoms with Gasteiger partial charge in [-0.15, -0.1) is 11.3 Å². The van der Waals surface area contributed by atoms with E-state index in [4.69, 9.17) is 9.47 Å². The van der Waals surface area contributed by atoms with Crippen LogP contribution in [0, 0.1) is 12.8 Å². The first-order valence-corrected chi connectivity index (χ1v) is 15.0. The number of hydrogen-bond acceptors (Lipinski definition) is 7. The number of nitrogens with zero attached hydrogens (tertiary/aromatic N) is 3. The minimum atomic E-state index is -0.512. The van der Waals surface area contributed by atoms with Crippen molar-refractivity contribution in [1.82, 2.24) is 9.55 Å².